The van der Waals surface area contributed by atoms with Crippen LogP contribution in [-0.2, 0) is 5.41 Å². The summed E-state index contributed by atoms with van der Waals surface area (Å²) in [5, 5.41) is 22.4. The van der Waals surface area contributed by atoms with Crippen molar-refractivity contribution in [1.29, 1.82) is 5.41 Å². The molecule has 2 rings (SSSR count). The number of hydrazone groups is 1. The summed E-state index contributed by atoms with van der Waals surface area (Å²) < 4.78 is 0. The molecule has 0 aromatic heterocycles. The molecule has 1 aromatic rings. The third kappa shape index (κ3) is 3.40. The summed E-state index contributed by atoms with van der Waals surface area (Å²) in [6.07, 6.45) is 7.06. The van der Waals surface area contributed by atoms with E-state index in [0.29, 0.717) is 17.1 Å². The number of benzene rings is 1. The fourth-order valence-corrected chi connectivity index (χ4v) is 2.13. The van der Waals surface area contributed by atoms with Gasteiger partial charge < -0.3 is 5.11 Å². The van der Waals surface area contributed by atoms with Crippen LogP contribution in [0.25, 0.3) is 0 Å². The van der Waals surface area contributed by atoms with Crippen LogP contribution in [0.1, 0.15) is 31.9 Å². The lowest BCUT2D eigenvalue weighted by Crippen LogP contribution is -2.14. The summed E-state index contributed by atoms with van der Waals surface area (Å²) in [5.74, 6) is 0.208. The van der Waals surface area contributed by atoms with Crippen LogP contribution < -0.4 is 5.43 Å². The number of aryl methyl sites for hydroxylation is 1. The van der Waals surface area contributed by atoms with Crippen molar-refractivity contribution in [2.24, 2.45) is 5.10 Å². The maximum atomic E-state index is 10.4. The van der Waals surface area contributed by atoms with Gasteiger partial charge in [-0.15, -0.1) is 0 Å². The summed E-state index contributed by atoms with van der Waals surface area (Å²) in [5.41, 5.74) is 6.09. The van der Waals surface area contributed by atoms with Crippen molar-refractivity contribution in [3.8, 4) is 5.75 Å². The van der Waals surface area contributed by atoms with Crippen LogP contribution >= 0.6 is 0 Å². The average Bonchev–Trinajstić information content (AvgIpc) is 2.39. The van der Waals surface area contributed by atoms with Crippen molar-refractivity contribution < 1.29 is 5.11 Å². The molecule has 0 atom stereocenters. The lowest BCUT2D eigenvalue weighted by Gasteiger charge is -2.22. The molecule has 3 N–H and O–H groups in total. The summed E-state index contributed by atoms with van der Waals surface area (Å²) in [7, 11) is 0. The van der Waals surface area contributed by atoms with Crippen LogP contribution in [0.3, 0.4) is 0 Å². The maximum absolute atomic E-state index is 10.4. The standard InChI is InChI=1S/C17H21N3O/c1-11-9-12(17(2,3)4)16(21)15(10-11)20-19-14-8-6-5-7-13(14)18/h5-10,18,20-21H,1-4H3/b18-13?,19-14-. The van der Waals surface area contributed by atoms with Gasteiger partial charge in [0.2, 0.25) is 0 Å². The number of nitrogens with zero attached hydrogens (tertiary/aromatic N) is 1. The Morgan fingerprint density at radius 1 is 1.14 bits per heavy atom. The zero-order valence-electron chi connectivity index (χ0n) is 12.9. The van der Waals surface area contributed by atoms with Crippen molar-refractivity contribution in [2.75, 3.05) is 5.43 Å². The Balaban J connectivity index is 2.35. The number of aromatic hydroxyl groups is 1. The number of rotatable bonds is 2. The number of allylic oxidation sites excluding steroid dienone is 4. The lowest BCUT2D eigenvalue weighted by atomic mass is 9.85. The van der Waals surface area contributed by atoms with Crippen LogP contribution in [0.15, 0.2) is 41.5 Å². The predicted octanol–water partition coefficient (Wildman–Crippen LogP) is 3.91. The molecular formula is C17H21N3O. The average molecular weight is 283 g/mol. The number of hydrogen-bond donors (Lipinski definition) is 3. The van der Waals surface area contributed by atoms with Gasteiger partial charge in [0.1, 0.15) is 11.5 Å². The molecule has 0 aliphatic heterocycles. The van der Waals surface area contributed by atoms with E-state index in [1.54, 1.807) is 18.2 Å². The fraction of sp³-hybridized carbons (Fsp3) is 0.294. The molecule has 0 saturated carbocycles. The van der Waals surface area contributed by atoms with Crippen molar-refractivity contribution >= 4 is 17.1 Å². The van der Waals surface area contributed by atoms with Crippen molar-refractivity contribution in [3.63, 3.8) is 0 Å². The van der Waals surface area contributed by atoms with Gasteiger partial charge in [-0.05, 0) is 36.1 Å². The second-order valence-corrected chi connectivity index (χ2v) is 6.20. The molecule has 0 saturated heterocycles. The highest BCUT2D eigenvalue weighted by Gasteiger charge is 2.20. The Bertz CT molecular complexity index is 661. The lowest BCUT2D eigenvalue weighted by molar-refractivity contribution is 0.448. The van der Waals surface area contributed by atoms with E-state index in [-0.39, 0.29) is 11.2 Å². The summed E-state index contributed by atoms with van der Waals surface area (Å²) in [4.78, 5) is 0. The second-order valence-electron chi connectivity index (χ2n) is 6.20. The van der Waals surface area contributed by atoms with Gasteiger partial charge in [-0.25, -0.2) is 0 Å². The first kappa shape index (κ1) is 15.0. The number of hydrogen-bond acceptors (Lipinski definition) is 4. The smallest absolute Gasteiger partial charge is 0.144 e. The number of nitrogens with one attached hydrogen (secondary N) is 2. The van der Waals surface area contributed by atoms with Gasteiger partial charge in [0, 0.05) is 5.56 Å². The van der Waals surface area contributed by atoms with Crippen molar-refractivity contribution in [1.82, 2.24) is 0 Å². The molecule has 4 nitrogen and oxygen atoms in total. The molecule has 110 valence electrons. The number of phenols is 1. The molecule has 1 aliphatic rings. The number of anilines is 1. The van der Waals surface area contributed by atoms with Crippen LogP contribution in [-0.4, -0.2) is 16.5 Å². The van der Waals surface area contributed by atoms with Gasteiger partial charge in [-0.3, -0.25) is 10.8 Å². The van der Waals surface area contributed by atoms with E-state index in [4.69, 9.17) is 5.41 Å². The van der Waals surface area contributed by atoms with Crippen molar-refractivity contribution in [2.45, 2.75) is 33.1 Å². The largest absolute Gasteiger partial charge is 0.505 e. The molecule has 0 bridgehead atoms. The molecule has 4 heteroatoms. The quantitative estimate of drug-likeness (QED) is 0.437. The van der Waals surface area contributed by atoms with E-state index < -0.39 is 0 Å². The van der Waals surface area contributed by atoms with Crippen LogP contribution in [0, 0.1) is 12.3 Å². The minimum Gasteiger partial charge on any atom is -0.505 e. The molecule has 0 heterocycles. The molecule has 1 aromatic carbocycles. The predicted molar refractivity (Wildman–Crippen MR) is 88.6 cm³/mol. The van der Waals surface area contributed by atoms with Gasteiger partial charge in [-0.2, -0.15) is 5.10 Å². The Morgan fingerprint density at radius 3 is 2.43 bits per heavy atom. The minimum atomic E-state index is -0.153. The molecule has 21 heavy (non-hydrogen) atoms. The molecule has 0 spiro atoms. The maximum Gasteiger partial charge on any atom is 0.144 e. The number of phenolic OH excluding ortho intramolecular Hbond substituents is 1. The first-order valence-corrected chi connectivity index (χ1v) is 6.90. The molecule has 0 fully saturated rings. The normalized spacial score (nSPS) is 16.6. The molecule has 0 amide bonds. The molecule has 1 aliphatic carbocycles. The van der Waals surface area contributed by atoms with E-state index in [9.17, 15) is 5.11 Å². The summed E-state index contributed by atoms with van der Waals surface area (Å²) >= 11 is 0. The van der Waals surface area contributed by atoms with Gasteiger partial charge in [-0.1, -0.05) is 39.0 Å². The van der Waals surface area contributed by atoms with E-state index in [0.717, 1.165) is 11.1 Å². The minimum absolute atomic E-state index is 0.153. The third-order valence-electron chi connectivity index (χ3n) is 3.26. The van der Waals surface area contributed by atoms with Gasteiger partial charge in [0.25, 0.3) is 0 Å². The zero-order chi connectivity index (χ0) is 15.6. The summed E-state index contributed by atoms with van der Waals surface area (Å²) in [6.45, 7) is 8.16. The Labute approximate surface area is 125 Å². The fourth-order valence-electron chi connectivity index (χ4n) is 2.13. The van der Waals surface area contributed by atoms with Gasteiger partial charge in [0.15, 0.2) is 0 Å². The SMILES string of the molecule is Cc1cc(N/N=C2/C=CC=CC2=N)c(O)c(C(C)(C)C)c1. The van der Waals surface area contributed by atoms with Crippen LogP contribution in [0.5, 0.6) is 5.75 Å². The highest BCUT2D eigenvalue weighted by Crippen LogP contribution is 2.37. The first-order valence-electron chi connectivity index (χ1n) is 6.90. The second kappa shape index (κ2) is 5.56. The van der Waals surface area contributed by atoms with Gasteiger partial charge >= 0.3 is 0 Å². The Kier molecular flexibility index (Phi) is 3.98. The van der Waals surface area contributed by atoms with Crippen LogP contribution in [0.2, 0.25) is 0 Å². The first-order chi connectivity index (χ1) is 9.79. The summed E-state index contributed by atoms with van der Waals surface area (Å²) in [6, 6.07) is 3.83. The third-order valence-corrected chi connectivity index (χ3v) is 3.26. The molecular weight excluding hydrogens is 262 g/mol. The monoisotopic (exact) mass is 283 g/mol. The van der Waals surface area contributed by atoms with E-state index in [2.05, 4.69) is 31.3 Å². The Hall–Kier alpha value is -2.36. The topological polar surface area (TPSA) is 68.5 Å². The van der Waals surface area contributed by atoms with Crippen LogP contribution in [0.4, 0.5) is 5.69 Å². The zero-order valence-corrected chi connectivity index (χ0v) is 12.9. The molecule has 0 unspecified atom stereocenters. The van der Waals surface area contributed by atoms with E-state index >= 15 is 0 Å². The van der Waals surface area contributed by atoms with E-state index in [1.165, 1.54) is 0 Å². The Morgan fingerprint density at radius 2 is 1.81 bits per heavy atom. The van der Waals surface area contributed by atoms with Crippen molar-refractivity contribution in [3.05, 3.63) is 47.6 Å². The highest BCUT2D eigenvalue weighted by molar-refractivity contribution is 6.50. The molecule has 0 radical (unpaired) electrons. The van der Waals surface area contributed by atoms with E-state index in [1.807, 2.05) is 25.1 Å². The highest BCUT2D eigenvalue weighted by atomic mass is 16.3. The van der Waals surface area contributed by atoms with Gasteiger partial charge in [0.05, 0.1) is 11.4 Å².